The molecule has 0 aromatic carbocycles. The SMILES string of the molecule is CCC1OC(n2ccc(=O)[nH]c2=O)C(F)(Cl)C1C. The van der Waals surface area contributed by atoms with Gasteiger partial charge in [0.25, 0.3) is 5.56 Å². The molecular formula is C11H14ClFN2O3. The van der Waals surface area contributed by atoms with Crippen LogP contribution in [0.5, 0.6) is 0 Å². The van der Waals surface area contributed by atoms with Gasteiger partial charge >= 0.3 is 5.69 Å². The van der Waals surface area contributed by atoms with Gasteiger partial charge in [0, 0.05) is 18.2 Å². The quantitative estimate of drug-likeness (QED) is 0.830. The van der Waals surface area contributed by atoms with E-state index in [0.29, 0.717) is 6.42 Å². The van der Waals surface area contributed by atoms with Crippen LogP contribution >= 0.6 is 11.6 Å². The van der Waals surface area contributed by atoms with Crippen LogP contribution in [0.2, 0.25) is 0 Å². The van der Waals surface area contributed by atoms with E-state index in [4.69, 9.17) is 16.3 Å². The lowest BCUT2D eigenvalue weighted by molar-refractivity contribution is -0.0322. The second-order valence-corrected chi connectivity index (χ2v) is 5.00. The summed E-state index contributed by atoms with van der Waals surface area (Å²) in [7, 11) is 0. The summed E-state index contributed by atoms with van der Waals surface area (Å²) < 4.78 is 20.9. The number of nitrogens with one attached hydrogen (secondary N) is 1. The van der Waals surface area contributed by atoms with Crippen molar-refractivity contribution in [1.29, 1.82) is 0 Å². The molecule has 4 unspecified atom stereocenters. The highest BCUT2D eigenvalue weighted by molar-refractivity contribution is 6.23. The molecule has 18 heavy (non-hydrogen) atoms. The normalized spacial score (nSPS) is 35.9. The molecule has 1 fully saturated rings. The van der Waals surface area contributed by atoms with Crippen molar-refractivity contribution in [3.63, 3.8) is 0 Å². The molecule has 0 bridgehead atoms. The fraction of sp³-hybridized carbons (Fsp3) is 0.636. The second-order valence-electron chi connectivity index (χ2n) is 4.42. The molecule has 100 valence electrons. The first-order chi connectivity index (χ1) is 8.37. The van der Waals surface area contributed by atoms with Crippen LogP contribution in [0.3, 0.4) is 0 Å². The van der Waals surface area contributed by atoms with Gasteiger partial charge in [-0.2, -0.15) is 0 Å². The number of alkyl halides is 2. The van der Waals surface area contributed by atoms with Gasteiger partial charge in [0.15, 0.2) is 6.23 Å². The number of hydrogen-bond donors (Lipinski definition) is 1. The Bertz CT molecular complexity index is 554. The summed E-state index contributed by atoms with van der Waals surface area (Å²) in [6.45, 7) is 3.49. The van der Waals surface area contributed by atoms with Crippen molar-refractivity contribution < 1.29 is 9.13 Å². The summed E-state index contributed by atoms with van der Waals surface area (Å²) in [6, 6.07) is 1.13. The van der Waals surface area contributed by atoms with Gasteiger partial charge in [-0.25, -0.2) is 9.18 Å². The molecule has 0 spiro atoms. The molecule has 1 aliphatic heterocycles. The van der Waals surface area contributed by atoms with Crippen molar-refractivity contribution in [3.8, 4) is 0 Å². The van der Waals surface area contributed by atoms with Gasteiger partial charge in [-0.1, -0.05) is 25.4 Å². The van der Waals surface area contributed by atoms with Crippen LogP contribution in [0.25, 0.3) is 0 Å². The van der Waals surface area contributed by atoms with Gasteiger partial charge in [0.05, 0.1) is 6.10 Å². The van der Waals surface area contributed by atoms with Crippen LogP contribution in [0.1, 0.15) is 26.5 Å². The number of aromatic amines is 1. The predicted molar refractivity (Wildman–Crippen MR) is 64.4 cm³/mol. The summed E-state index contributed by atoms with van der Waals surface area (Å²) in [5.74, 6) is -0.548. The first-order valence-electron chi connectivity index (χ1n) is 5.72. The van der Waals surface area contributed by atoms with Crippen LogP contribution in [0.4, 0.5) is 4.39 Å². The highest BCUT2D eigenvalue weighted by atomic mass is 35.5. The van der Waals surface area contributed by atoms with Crippen molar-refractivity contribution in [2.75, 3.05) is 0 Å². The third kappa shape index (κ3) is 1.99. The van der Waals surface area contributed by atoms with Gasteiger partial charge < -0.3 is 4.74 Å². The Labute approximate surface area is 108 Å². The van der Waals surface area contributed by atoms with E-state index in [1.165, 1.54) is 6.20 Å². The third-order valence-electron chi connectivity index (χ3n) is 3.30. The molecule has 1 aromatic rings. The first kappa shape index (κ1) is 13.3. The maximum absolute atomic E-state index is 14.5. The number of H-pyrrole nitrogens is 1. The minimum absolute atomic E-state index is 0.365. The van der Waals surface area contributed by atoms with Crippen molar-refractivity contribution in [1.82, 2.24) is 9.55 Å². The molecule has 0 radical (unpaired) electrons. The summed E-state index contributed by atoms with van der Waals surface area (Å²) in [6.07, 6.45) is 0.182. The monoisotopic (exact) mass is 276 g/mol. The highest BCUT2D eigenvalue weighted by Gasteiger charge is 2.55. The van der Waals surface area contributed by atoms with Crippen molar-refractivity contribution in [3.05, 3.63) is 33.1 Å². The Morgan fingerprint density at radius 1 is 1.61 bits per heavy atom. The number of ether oxygens (including phenoxy) is 1. The first-order valence-corrected chi connectivity index (χ1v) is 6.10. The van der Waals surface area contributed by atoms with E-state index < -0.39 is 28.5 Å². The van der Waals surface area contributed by atoms with Crippen LogP contribution in [0, 0.1) is 5.92 Å². The highest BCUT2D eigenvalue weighted by Crippen LogP contribution is 2.48. The summed E-state index contributed by atoms with van der Waals surface area (Å²) in [4.78, 5) is 24.6. The topological polar surface area (TPSA) is 64.1 Å². The molecular weight excluding hydrogens is 263 g/mol. The molecule has 0 amide bonds. The molecule has 0 saturated carbocycles. The average Bonchev–Trinajstić information content (AvgIpc) is 2.52. The molecule has 1 saturated heterocycles. The molecule has 2 heterocycles. The van der Waals surface area contributed by atoms with E-state index in [2.05, 4.69) is 0 Å². The standard InChI is InChI=1S/C11H14ClFN2O3/c1-3-7-6(2)11(12,13)9(18-7)15-5-4-8(16)14-10(15)17/h4-7,9H,3H2,1-2H3,(H,14,16,17). The second kappa shape index (κ2) is 4.51. The van der Waals surface area contributed by atoms with E-state index in [-0.39, 0.29) is 6.10 Å². The zero-order valence-electron chi connectivity index (χ0n) is 10.0. The predicted octanol–water partition coefficient (Wildman–Crippen LogP) is 1.38. The Morgan fingerprint density at radius 2 is 2.28 bits per heavy atom. The number of aromatic nitrogens is 2. The van der Waals surface area contributed by atoms with Gasteiger partial charge in [-0.05, 0) is 6.42 Å². The van der Waals surface area contributed by atoms with E-state index in [9.17, 15) is 14.0 Å². The number of halogens is 2. The summed E-state index contributed by atoms with van der Waals surface area (Å²) in [5.41, 5.74) is -1.28. The fourth-order valence-electron chi connectivity index (χ4n) is 2.16. The van der Waals surface area contributed by atoms with Crippen LogP contribution in [-0.2, 0) is 4.74 Å². The summed E-state index contributed by atoms with van der Waals surface area (Å²) >= 11 is 5.86. The van der Waals surface area contributed by atoms with E-state index in [0.717, 1.165) is 10.6 Å². The zero-order chi connectivity index (χ0) is 13.5. The maximum atomic E-state index is 14.5. The van der Waals surface area contributed by atoms with Crippen LogP contribution in [0.15, 0.2) is 21.9 Å². The molecule has 1 aliphatic rings. The Balaban J connectivity index is 2.45. The molecule has 2 rings (SSSR count). The minimum atomic E-state index is -2.18. The molecule has 0 aliphatic carbocycles. The van der Waals surface area contributed by atoms with E-state index in [1.54, 1.807) is 6.92 Å². The van der Waals surface area contributed by atoms with Crippen molar-refractivity contribution in [2.45, 2.75) is 37.7 Å². The van der Waals surface area contributed by atoms with Crippen LogP contribution in [-0.4, -0.2) is 20.8 Å². The molecule has 7 heteroatoms. The zero-order valence-corrected chi connectivity index (χ0v) is 10.8. The van der Waals surface area contributed by atoms with Gasteiger partial charge in [-0.3, -0.25) is 14.3 Å². The van der Waals surface area contributed by atoms with E-state index >= 15 is 0 Å². The van der Waals surface area contributed by atoms with Crippen LogP contribution < -0.4 is 11.2 Å². The van der Waals surface area contributed by atoms with Gasteiger partial charge in [-0.15, -0.1) is 0 Å². The lowest BCUT2D eigenvalue weighted by Gasteiger charge is -2.23. The number of nitrogens with zero attached hydrogens (tertiary/aromatic N) is 1. The Kier molecular flexibility index (Phi) is 3.33. The maximum Gasteiger partial charge on any atom is 0.330 e. The third-order valence-corrected chi connectivity index (χ3v) is 3.83. The lowest BCUT2D eigenvalue weighted by Crippen LogP contribution is -2.38. The smallest absolute Gasteiger partial charge is 0.330 e. The van der Waals surface area contributed by atoms with Gasteiger partial charge in [0.2, 0.25) is 5.13 Å². The number of rotatable bonds is 2. The van der Waals surface area contributed by atoms with Gasteiger partial charge in [0.1, 0.15) is 0 Å². The van der Waals surface area contributed by atoms with Crippen molar-refractivity contribution in [2.24, 2.45) is 5.92 Å². The molecule has 4 atom stereocenters. The summed E-state index contributed by atoms with van der Waals surface area (Å²) in [5, 5.41) is -2.18. The van der Waals surface area contributed by atoms with Crippen molar-refractivity contribution >= 4 is 11.6 Å². The number of hydrogen-bond acceptors (Lipinski definition) is 3. The lowest BCUT2D eigenvalue weighted by atomic mass is 9.99. The molecule has 1 aromatic heterocycles. The average molecular weight is 277 g/mol. The Morgan fingerprint density at radius 3 is 2.78 bits per heavy atom. The van der Waals surface area contributed by atoms with E-state index in [1.807, 2.05) is 11.9 Å². The fourth-order valence-corrected chi connectivity index (χ4v) is 2.46. The molecule has 5 nitrogen and oxygen atoms in total. The Hall–Kier alpha value is -1.14. The minimum Gasteiger partial charge on any atom is -0.349 e. The largest absolute Gasteiger partial charge is 0.349 e. The molecule has 1 N–H and O–H groups in total.